The summed E-state index contributed by atoms with van der Waals surface area (Å²) < 4.78 is 0. The van der Waals surface area contributed by atoms with Gasteiger partial charge in [-0.05, 0) is 44.5 Å². The van der Waals surface area contributed by atoms with Crippen LogP contribution in [-0.2, 0) is 0 Å². The van der Waals surface area contributed by atoms with E-state index in [-0.39, 0.29) is 18.3 Å². The van der Waals surface area contributed by atoms with Gasteiger partial charge in [-0.15, -0.1) is 12.4 Å². The van der Waals surface area contributed by atoms with E-state index in [0.29, 0.717) is 11.7 Å². The molecule has 1 aliphatic heterocycles. The number of H-pyrrole nitrogens is 1. The summed E-state index contributed by atoms with van der Waals surface area (Å²) in [5.74, 6) is 0.0944. The van der Waals surface area contributed by atoms with Crippen LogP contribution in [0.15, 0.2) is 18.3 Å². The van der Waals surface area contributed by atoms with Gasteiger partial charge in [0.05, 0.1) is 0 Å². The van der Waals surface area contributed by atoms with Gasteiger partial charge in [0.2, 0.25) is 0 Å². The summed E-state index contributed by atoms with van der Waals surface area (Å²) in [6, 6.07) is 4.05. The van der Waals surface area contributed by atoms with Crippen LogP contribution in [0.2, 0.25) is 0 Å². The molecule has 1 aromatic heterocycles. The van der Waals surface area contributed by atoms with Crippen molar-refractivity contribution in [3.05, 3.63) is 24.0 Å². The highest BCUT2D eigenvalue weighted by molar-refractivity contribution is 5.92. The summed E-state index contributed by atoms with van der Waals surface area (Å²) in [7, 11) is 1.90. The molecule has 0 bridgehead atoms. The Bertz CT molecular complexity index is 332. The van der Waals surface area contributed by atoms with E-state index >= 15 is 0 Å². The Morgan fingerprint density at radius 2 is 2.24 bits per heavy atom. The van der Waals surface area contributed by atoms with Gasteiger partial charge in [-0.25, -0.2) is 0 Å². The number of rotatable bonds is 2. The summed E-state index contributed by atoms with van der Waals surface area (Å²) in [6.07, 6.45) is 5.07. The molecule has 1 fully saturated rings. The van der Waals surface area contributed by atoms with Crippen LogP contribution in [0.4, 0.5) is 0 Å². The van der Waals surface area contributed by atoms with Crippen LogP contribution in [-0.4, -0.2) is 42.0 Å². The summed E-state index contributed by atoms with van der Waals surface area (Å²) in [4.78, 5) is 16.9. The second kappa shape index (κ2) is 6.67. The summed E-state index contributed by atoms with van der Waals surface area (Å²) in [5.41, 5.74) is 0.680. The predicted molar refractivity (Wildman–Crippen MR) is 70.6 cm³/mol. The number of hydrogen-bond donors (Lipinski definition) is 2. The molecular weight excluding hydrogens is 238 g/mol. The predicted octanol–water partition coefficient (Wildman–Crippen LogP) is 1.65. The lowest BCUT2D eigenvalue weighted by Crippen LogP contribution is -2.37. The van der Waals surface area contributed by atoms with Gasteiger partial charge in [0.1, 0.15) is 5.69 Å². The van der Waals surface area contributed by atoms with Crippen molar-refractivity contribution in [1.29, 1.82) is 0 Å². The highest BCUT2D eigenvalue weighted by atomic mass is 35.5. The second-order valence-corrected chi connectivity index (χ2v) is 4.33. The van der Waals surface area contributed by atoms with Crippen molar-refractivity contribution in [3.63, 3.8) is 0 Å². The average Bonchev–Trinajstić information content (AvgIpc) is 2.70. The highest BCUT2D eigenvalue weighted by Gasteiger charge is 2.22. The van der Waals surface area contributed by atoms with Crippen LogP contribution in [0.3, 0.4) is 0 Å². The first kappa shape index (κ1) is 14.1. The quantitative estimate of drug-likeness (QED) is 0.847. The molecule has 4 nitrogen and oxygen atoms in total. The van der Waals surface area contributed by atoms with Crippen molar-refractivity contribution in [3.8, 4) is 0 Å². The zero-order valence-electron chi connectivity index (χ0n) is 10.1. The number of aromatic amines is 1. The van der Waals surface area contributed by atoms with E-state index in [1.807, 2.05) is 24.1 Å². The Morgan fingerprint density at radius 1 is 1.41 bits per heavy atom. The fourth-order valence-electron chi connectivity index (χ4n) is 2.21. The summed E-state index contributed by atoms with van der Waals surface area (Å²) in [6.45, 7) is 2.08. The van der Waals surface area contributed by atoms with Gasteiger partial charge in [-0.2, -0.15) is 0 Å². The molecule has 1 aliphatic rings. The molecule has 1 aromatic rings. The lowest BCUT2D eigenvalue weighted by atomic mass is 10.1. The fourth-order valence-corrected chi connectivity index (χ4v) is 2.21. The van der Waals surface area contributed by atoms with Gasteiger partial charge in [0.15, 0.2) is 0 Å². The maximum atomic E-state index is 12.1. The molecule has 0 spiro atoms. The largest absolute Gasteiger partial charge is 0.357 e. The molecule has 2 rings (SSSR count). The molecule has 0 aliphatic carbocycles. The van der Waals surface area contributed by atoms with E-state index in [9.17, 15) is 4.79 Å². The average molecular weight is 258 g/mol. The van der Waals surface area contributed by atoms with Crippen molar-refractivity contribution in [2.75, 3.05) is 20.1 Å². The Kier molecular flexibility index (Phi) is 5.51. The van der Waals surface area contributed by atoms with E-state index in [1.165, 1.54) is 0 Å². The van der Waals surface area contributed by atoms with Crippen LogP contribution in [0, 0.1) is 0 Å². The molecule has 1 unspecified atom stereocenters. The van der Waals surface area contributed by atoms with Gasteiger partial charge >= 0.3 is 0 Å². The first-order valence-electron chi connectivity index (χ1n) is 5.90. The Labute approximate surface area is 108 Å². The number of aromatic nitrogens is 1. The smallest absolute Gasteiger partial charge is 0.270 e. The minimum atomic E-state index is 0. The lowest BCUT2D eigenvalue weighted by Gasteiger charge is -2.26. The third kappa shape index (κ3) is 3.48. The standard InChI is InChI=1S/C12H19N3O.ClH/c1-15(10-4-2-7-13-9-6-10)12(16)11-5-3-8-14-11;/h3,5,8,10,13-14H,2,4,6-7,9H2,1H3;1H. The third-order valence-electron chi connectivity index (χ3n) is 3.24. The number of nitrogens with zero attached hydrogens (tertiary/aromatic N) is 1. The number of hydrogen-bond acceptors (Lipinski definition) is 2. The molecule has 0 radical (unpaired) electrons. The molecule has 5 heteroatoms. The van der Waals surface area contributed by atoms with E-state index in [4.69, 9.17) is 0 Å². The van der Waals surface area contributed by atoms with E-state index in [1.54, 1.807) is 6.20 Å². The molecule has 1 saturated heterocycles. The Hall–Kier alpha value is -1.00. The van der Waals surface area contributed by atoms with E-state index < -0.39 is 0 Å². The Balaban J connectivity index is 0.00000144. The molecule has 96 valence electrons. The molecule has 0 aromatic carbocycles. The van der Waals surface area contributed by atoms with Gasteiger partial charge < -0.3 is 15.2 Å². The number of halogens is 1. The highest BCUT2D eigenvalue weighted by Crippen LogP contribution is 2.14. The molecule has 2 heterocycles. The van der Waals surface area contributed by atoms with Crippen LogP contribution in [0.5, 0.6) is 0 Å². The molecule has 1 atom stereocenters. The van der Waals surface area contributed by atoms with Crippen LogP contribution in [0.25, 0.3) is 0 Å². The van der Waals surface area contributed by atoms with Gasteiger partial charge in [-0.1, -0.05) is 0 Å². The fraction of sp³-hybridized carbons (Fsp3) is 0.583. The van der Waals surface area contributed by atoms with Gasteiger partial charge in [0, 0.05) is 19.3 Å². The maximum Gasteiger partial charge on any atom is 0.270 e. The minimum Gasteiger partial charge on any atom is -0.357 e. The maximum absolute atomic E-state index is 12.1. The molecular formula is C12H20ClN3O. The molecule has 1 amide bonds. The van der Waals surface area contributed by atoms with E-state index in [2.05, 4.69) is 10.3 Å². The minimum absolute atomic E-state index is 0. The van der Waals surface area contributed by atoms with Crippen molar-refractivity contribution >= 4 is 18.3 Å². The topological polar surface area (TPSA) is 48.1 Å². The van der Waals surface area contributed by atoms with Crippen LogP contribution < -0.4 is 5.32 Å². The van der Waals surface area contributed by atoms with Gasteiger partial charge in [-0.3, -0.25) is 4.79 Å². The number of carbonyl (C=O) groups excluding carboxylic acids is 1. The normalized spacial score (nSPS) is 20.2. The number of nitrogens with one attached hydrogen (secondary N) is 2. The van der Waals surface area contributed by atoms with Crippen LogP contribution >= 0.6 is 12.4 Å². The second-order valence-electron chi connectivity index (χ2n) is 4.33. The van der Waals surface area contributed by atoms with Crippen molar-refractivity contribution in [2.45, 2.75) is 25.3 Å². The number of carbonyl (C=O) groups is 1. The lowest BCUT2D eigenvalue weighted by molar-refractivity contribution is 0.0715. The van der Waals surface area contributed by atoms with Gasteiger partial charge in [0.25, 0.3) is 5.91 Å². The SMILES string of the molecule is CN(C(=O)c1ccc[nH]1)C1CCCNCC1.Cl. The van der Waals surface area contributed by atoms with E-state index in [0.717, 1.165) is 32.4 Å². The van der Waals surface area contributed by atoms with Crippen molar-refractivity contribution in [2.24, 2.45) is 0 Å². The monoisotopic (exact) mass is 257 g/mol. The first-order chi connectivity index (χ1) is 7.79. The zero-order chi connectivity index (χ0) is 11.4. The zero-order valence-corrected chi connectivity index (χ0v) is 10.9. The summed E-state index contributed by atoms with van der Waals surface area (Å²) >= 11 is 0. The molecule has 0 saturated carbocycles. The first-order valence-corrected chi connectivity index (χ1v) is 5.90. The molecule has 17 heavy (non-hydrogen) atoms. The van der Waals surface area contributed by atoms with Crippen LogP contribution in [0.1, 0.15) is 29.8 Å². The van der Waals surface area contributed by atoms with Crippen molar-refractivity contribution < 1.29 is 4.79 Å². The summed E-state index contributed by atoms with van der Waals surface area (Å²) in [5, 5.41) is 3.36. The van der Waals surface area contributed by atoms with Crippen molar-refractivity contribution in [1.82, 2.24) is 15.2 Å². The number of amides is 1. The Morgan fingerprint density at radius 3 is 2.94 bits per heavy atom. The molecule has 2 N–H and O–H groups in total. The third-order valence-corrected chi connectivity index (χ3v) is 3.24.